The molecule has 39 heavy (non-hydrogen) atoms. The lowest BCUT2D eigenvalue weighted by molar-refractivity contribution is -0.139. The Morgan fingerprint density at radius 2 is 1.85 bits per heavy atom. The van der Waals surface area contributed by atoms with Crippen molar-refractivity contribution in [3.63, 3.8) is 0 Å². The van der Waals surface area contributed by atoms with E-state index in [1.54, 1.807) is 18.2 Å². The highest BCUT2D eigenvalue weighted by atomic mass is 19.4. The number of anilines is 2. The molecule has 2 aromatic rings. The molecule has 2 amide bonds. The predicted molar refractivity (Wildman–Crippen MR) is 138 cm³/mol. The van der Waals surface area contributed by atoms with Crippen LogP contribution in [0.4, 0.5) is 24.8 Å². The highest BCUT2D eigenvalue weighted by Gasteiger charge is 2.37. The maximum atomic E-state index is 13.8. The number of methoxy groups -OCH3 is 1. The molecule has 1 aliphatic carbocycles. The number of rotatable bonds is 8. The van der Waals surface area contributed by atoms with Gasteiger partial charge in [-0.3, -0.25) is 9.59 Å². The van der Waals surface area contributed by atoms with E-state index >= 15 is 0 Å². The fraction of sp³-hybridized carbons (Fsp3) is 0.556. The fourth-order valence-electron chi connectivity index (χ4n) is 5.19. The molecule has 1 aromatic heterocycles. The van der Waals surface area contributed by atoms with Gasteiger partial charge in [0, 0.05) is 44.0 Å². The lowest BCUT2D eigenvalue weighted by Crippen LogP contribution is -2.42. The first-order valence-corrected chi connectivity index (χ1v) is 13.2. The molecule has 212 valence electrons. The number of carbonyl (C=O) groups excluding carboxylic acids is 2. The number of alkyl halides is 3. The van der Waals surface area contributed by atoms with Gasteiger partial charge in [0.2, 0.25) is 11.9 Å². The van der Waals surface area contributed by atoms with Gasteiger partial charge in [-0.1, -0.05) is 12.8 Å². The van der Waals surface area contributed by atoms with Crippen molar-refractivity contribution in [1.29, 1.82) is 0 Å². The minimum Gasteiger partial charge on any atom is -0.495 e. The molecule has 2 atom stereocenters. The normalized spacial score (nSPS) is 20.2. The summed E-state index contributed by atoms with van der Waals surface area (Å²) in [4.78, 5) is 32.5. The number of aromatic nitrogens is 2. The molecule has 2 heterocycles. The van der Waals surface area contributed by atoms with E-state index in [1.165, 1.54) is 14.0 Å². The second kappa shape index (κ2) is 12.6. The van der Waals surface area contributed by atoms with Crippen molar-refractivity contribution >= 4 is 23.5 Å². The highest BCUT2D eigenvalue weighted by molar-refractivity contribution is 5.95. The van der Waals surface area contributed by atoms with Crippen LogP contribution in [-0.2, 0) is 22.1 Å². The minimum absolute atomic E-state index is 0.0254. The molecule has 2 fully saturated rings. The summed E-state index contributed by atoms with van der Waals surface area (Å²) in [5.74, 6) is -0.333. The van der Waals surface area contributed by atoms with E-state index in [9.17, 15) is 22.8 Å². The lowest BCUT2D eigenvalue weighted by atomic mass is 9.81. The van der Waals surface area contributed by atoms with Gasteiger partial charge in [0.05, 0.1) is 24.1 Å². The zero-order chi connectivity index (χ0) is 28.0. The van der Waals surface area contributed by atoms with Crippen molar-refractivity contribution in [3.05, 3.63) is 41.2 Å². The second-order valence-electron chi connectivity index (χ2n) is 10.0. The molecular weight excluding hydrogens is 515 g/mol. The van der Waals surface area contributed by atoms with Gasteiger partial charge >= 0.3 is 6.18 Å². The molecule has 2 aliphatic rings. The van der Waals surface area contributed by atoms with Crippen LogP contribution < -0.4 is 20.7 Å². The SMILES string of the molecule is COc1cc(C(=O)NC2CCOCC2)ccc1Nc1ncc(C(F)(F)F)c(C[C@H]2CCCC[C@@H]2NC(C)=O)n1. The molecular formula is C27H34F3N5O4. The second-order valence-corrected chi connectivity index (χ2v) is 10.0. The number of ether oxygens (including phenoxy) is 2. The summed E-state index contributed by atoms with van der Waals surface area (Å²) in [6.45, 7) is 2.61. The van der Waals surface area contributed by atoms with Crippen LogP contribution in [0.25, 0.3) is 0 Å². The van der Waals surface area contributed by atoms with E-state index in [1.807, 2.05) is 0 Å². The Morgan fingerprint density at radius 1 is 1.10 bits per heavy atom. The average Bonchev–Trinajstić information content (AvgIpc) is 2.90. The Labute approximate surface area is 225 Å². The molecule has 0 radical (unpaired) electrons. The lowest BCUT2D eigenvalue weighted by Gasteiger charge is -2.32. The van der Waals surface area contributed by atoms with Crippen molar-refractivity contribution in [1.82, 2.24) is 20.6 Å². The Kier molecular flexibility index (Phi) is 9.26. The first kappa shape index (κ1) is 28.6. The molecule has 1 saturated heterocycles. The summed E-state index contributed by atoms with van der Waals surface area (Å²) in [5.41, 5.74) is -0.236. The highest BCUT2D eigenvalue weighted by Crippen LogP contribution is 2.36. The minimum atomic E-state index is -4.62. The van der Waals surface area contributed by atoms with Crippen molar-refractivity contribution < 1.29 is 32.2 Å². The number of carbonyl (C=O) groups is 2. The predicted octanol–water partition coefficient (Wildman–Crippen LogP) is 4.39. The third kappa shape index (κ3) is 7.59. The van der Waals surface area contributed by atoms with Gasteiger partial charge in [0.25, 0.3) is 5.91 Å². The van der Waals surface area contributed by atoms with E-state index < -0.39 is 11.7 Å². The molecule has 4 rings (SSSR count). The molecule has 3 N–H and O–H groups in total. The van der Waals surface area contributed by atoms with Crippen LogP contribution in [0.2, 0.25) is 0 Å². The summed E-state index contributed by atoms with van der Waals surface area (Å²) in [5, 5.41) is 8.81. The number of nitrogens with one attached hydrogen (secondary N) is 3. The van der Waals surface area contributed by atoms with Crippen LogP contribution in [0.5, 0.6) is 5.75 Å². The van der Waals surface area contributed by atoms with Gasteiger partial charge < -0.3 is 25.4 Å². The van der Waals surface area contributed by atoms with Crippen LogP contribution >= 0.6 is 0 Å². The number of nitrogens with zero attached hydrogens (tertiary/aromatic N) is 2. The van der Waals surface area contributed by atoms with Gasteiger partial charge in [-0.05, 0) is 56.2 Å². The molecule has 0 bridgehead atoms. The van der Waals surface area contributed by atoms with Crippen LogP contribution in [0.1, 0.15) is 67.1 Å². The zero-order valence-corrected chi connectivity index (χ0v) is 22.1. The van der Waals surface area contributed by atoms with Crippen LogP contribution in [0, 0.1) is 5.92 Å². The van der Waals surface area contributed by atoms with Gasteiger partial charge in [0.1, 0.15) is 5.75 Å². The summed E-state index contributed by atoms with van der Waals surface area (Å²) in [7, 11) is 1.44. The maximum Gasteiger partial charge on any atom is 0.419 e. The third-order valence-electron chi connectivity index (χ3n) is 7.19. The largest absolute Gasteiger partial charge is 0.495 e. The quantitative estimate of drug-likeness (QED) is 0.447. The molecule has 0 unspecified atom stereocenters. The molecule has 1 aromatic carbocycles. The van der Waals surface area contributed by atoms with E-state index in [2.05, 4.69) is 25.9 Å². The molecule has 9 nitrogen and oxygen atoms in total. The Hall–Kier alpha value is -3.41. The Morgan fingerprint density at radius 3 is 2.54 bits per heavy atom. The molecule has 12 heteroatoms. The monoisotopic (exact) mass is 549 g/mol. The zero-order valence-electron chi connectivity index (χ0n) is 22.1. The van der Waals surface area contributed by atoms with Gasteiger partial charge in [-0.15, -0.1) is 0 Å². The first-order chi connectivity index (χ1) is 18.6. The Bertz CT molecular complexity index is 1170. The number of hydrogen-bond donors (Lipinski definition) is 3. The molecule has 0 spiro atoms. The van der Waals surface area contributed by atoms with Crippen molar-refractivity contribution in [2.75, 3.05) is 25.6 Å². The Balaban J connectivity index is 1.54. The smallest absolute Gasteiger partial charge is 0.419 e. The topological polar surface area (TPSA) is 114 Å². The van der Waals surface area contributed by atoms with Gasteiger partial charge in [-0.25, -0.2) is 9.97 Å². The van der Waals surface area contributed by atoms with E-state index in [0.29, 0.717) is 43.1 Å². The van der Waals surface area contributed by atoms with E-state index in [-0.39, 0.29) is 47.9 Å². The summed E-state index contributed by atoms with van der Waals surface area (Å²) >= 11 is 0. The molecule has 1 aliphatic heterocycles. The standard InChI is InChI=1S/C27H34F3N5O4/c1-16(36)32-21-6-4-3-5-17(21)13-23-20(27(28,29)30)15-31-26(35-23)34-22-8-7-18(14-24(22)38-2)25(37)33-19-9-11-39-12-10-19/h7-8,14-15,17,19,21H,3-6,9-13H2,1-2H3,(H,32,36)(H,33,37)(H,31,34,35)/t17-,21+/m1/s1. The maximum absolute atomic E-state index is 13.8. The number of hydrogen-bond acceptors (Lipinski definition) is 7. The summed E-state index contributed by atoms with van der Waals surface area (Å²) in [6.07, 6.45) is 0.890. The summed E-state index contributed by atoms with van der Waals surface area (Å²) in [6, 6.07) is 4.59. The third-order valence-corrected chi connectivity index (χ3v) is 7.19. The average molecular weight is 550 g/mol. The van der Waals surface area contributed by atoms with Crippen molar-refractivity contribution in [3.8, 4) is 5.75 Å². The van der Waals surface area contributed by atoms with Gasteiger partial charge in [0.15, 0.2) is 0 Å². The summed E-state index contributed by atoms with van der Waals surface area (Å²) < 4.78 is 52.3. The van der Waals surface area contributed by atoms with Crippen molar-refractivity contribution in [2.24, 2.45) is 5.92 Å². The van der Waals surface area contributed by atoms with E-state index in [4.69, 9.17) is 9.47 Å². The van der Waals surface area contributed by atoms with Crippen LogP contribution in [0.15, 0.2) is 24.4 Å². The van der Waals surface area contributed by atoms with Crippen LogP contribution in [-0.4, -0.2) is 54.2 Å². The fourth-order valence-corrected chi connectivity index (χ4v) is 5.19. The van der Waals surface area contributed by atoms with Gasteiger partial charge in [-0.2, -0.15) is 13.2 Å². The molecule has 1 saturated carbocycles. The number of benzene rings is 1. The first-order valence-electron chi connectivity index (χ1n) is 13.2. The number of amides is 2. The van der Waals surface area contributed by atoms with Crippen molar-refractivity contribution in [2.45, 2.75) is 70.1 Å². The van der Waals surface area contributed by atoms with Crippen LogP contribution in [0.3, 0.4) is 0 Å². The van der Waals surface area contributed by atoms with E-state index in [0.717, 1.165) is 31.9 Å². The number of halogens is 3.